The van der Waals surface area contributed by atoms with E-state index in [1.54, 1.807) is 90.8 Å². The zero-order valence-electron chi connectivity index (χ0n) is 44.9. The van der Waals surface area contributed by atoms with Gasteiger partial charge in [0.05, 0.1) is 49.5 Å². The largest absolute Gasteiger partial charge is 0.495 e. The Morgan fingerprint density at radius 2 is 1.58 bits per heavy atom. The van der Waals surface area contributed by atoms with Gasteiger partial charge >= 0.3 is 6.18 Å². The average molecular weight is 1070 g/mol. The Kier molecular flexibility index (Phi) is 20.8. The van der Waals surface area contributed by atoms with Crippen molar-refractivity contribution in [3.63, 3.8) is 0 Å². The van der Waals surface area contributed by atoms with Crippen LogP contribution in [0.1, 0.15) is 114 Å². The van der Waals surface area contributed by atoms with E-state index in [9.17, 15) is 31.8 Å². The molecule has 5 aromatic rings. The van der Waals surface area contributed by atoms with E-state index < -0.39 is 29.4 Å². The Morgan fingerprint density at radius 1 is 0.908 bits per heavy atom. The number of hydrogen-bond acceptors (Lipinski definition) is 12. The van der Waals surface area contributed by atoms with Crippen molar-refractivity contribution >= 4 is 73.9 Å². The molecule has 2 aliphatic heterocycles. The number of nitrogens with zero attached hydrogens (tertiary/aromatic N) is 6. The summed E-state index contributed by atoms with van der Waals surface area (Å²) in [5, 5.41) is 10.4. The van der Waals surface area contributed by atoms with Gasteiger partial charge < -0.3 is 50.4 Å². The summed E-state index contributed by atoms with van der Waals surface area (Å²) in [6, 6.07) is 17.2. The molecule has 0 spiro atoms. The molecule has 3 amide bonds. The van der Waals surface area contributed by atoms with E-state index in [1.165, 1.54) is 44.5 Å². The number of carbonyl (C=O) groups excluding carboxylic acids is 3. The molecule has 1 aliphatic carbocycles. The highest BCUT2D eigenvalue weighted by molar-refractivity contribution is 7.84. The number of anilines is 6. The van der Waals surface area contributed by atoms with Crippen molar-refractivity contribution in [2.45, 2.75) is 134 Å². The van der Waals surface area contributed by atoms with E-state index in [0.29, 0.717) is 81.4 Å². The number of methoxy groups -OCH3 is 2. The smallest absolute Gasteiger partial charge is 0.406 e. The molecule has 16 nitrogen and oxygen atoms in total. The molecule has 1 saturated heterocycles. The summed E-state index contributed by atoms with van der Waals surface area (Å²) in [5.41, 5.74) is 9.13. The van der Waals surface area contributed by atoms with Crippen LogP contribution in [-0.4, -0.2) is 113 Å². The quantitative estimate of drug-likeness (QED) is 0.0542. The second-order valence-corrected chi connectivity index (χ2v) is 20.4. The Balaban J connectivity index is 0.000000227. The van der Waals surface area contributed by atoms with Gasteiger partial charge in [0.15, 0.2) is 5.82 Å². The van der Waals surface area contributed by atoms with E-state index >= 15 is 0 Å². The Labute approximate surface area is 447 Å². The monoisotopic (exact) mass is 1070 g/mol. The third-order valence-corrected chi connectivity index (χ3v) is 14.7. The summed E-state index contributed by atoms with van der Waals surface area (Å²) >= 11 is 0. The van der Waals surface area contributed by atoms with Gasteiger partial charge in [-0.2, -0.15) is 18.2 Å². The SMILES string of the molecule is CCC1C(=O)N(C)c2cnc(Nc3ccc(C(N)=O)cc3OC)nc2N1C1CCCC1.CCCCCC.COc1cc(S(C)=O)ccc1NCC#Cc1cc2c(NC3CCN(C(C)=O)CC3)cccc2n1CC(F)(F)F. The molecule has 2 unspecified atom stereocenters. The summed E-state index contributed by atoms with van der Waals surface area (Å²) in [7, 11) is 3.64. The number of alkyl halides is 3. The number of aromatic nitrogens is 3. The summed E-state index contributed by atoms with van der Waals surface area (Å²) < 4.78 is 64.2. The van der Waals surface area contributed by atoms with Crippen molar-refractivity contribution in [3.05, 3.63) is 78.1 Å². The van der Waals surface area contributed by atoms with Gasteiger partial charge in [-0.15, -0.1) is 0 Å². The Morgan fingerprint density at radius 3 is 2.18 bits per heavy atom. The first-order chi connectivity index (χ1) is 36.4. The fourth-order valence-electron chi connectivity index (χ4n) is 9.70. The minimum atomic E-state index is -4.42. The molecule has 2 fully saturated rings. The molecule has 0 bridgehead atoms. The van der Waals surface area contributed by atoms with Gasteiger partial charge in [-0.25, -0.2) is 4.98 Å². The van der Waals surface area contributed by atoms with Crippen molar-refractivity contribution in [3.8, 4) is 23.3 Å². The van der Waals surface area contributed by atoms with Gasteiger partial charge in [0.1, 0.15) is 29.8 Å². The molecule has 2 atom stereocenters. The van der Waals surface area contributed by atoms with Crippen molar-refractivity contribution in [1.29, 1.82) is 0 Å². The molecule has 3 aliphatic rings. The van der Waals surface area contributed by atoms with E-state index in [1.807, 2.05) is 13.0 Å². The molecule has 3 aromatic carbocycles. The fraction of sp³-hybridized carbons (Fsp3) is 0.482. The fourth-order valence-corrected chi connectivity index (χ4v) is 10.2. The minimum absolute atomic E-state index is 0.0466. The van der Waals surface area contributed by atoms with Crippen LogP contribution in [0.25, 0.3) is 10.9 Å². The number of amides is 3. The lowest BCUT2D eigenvalue weighted by Gasteiger charge is -2.43. The molecule has 76 heavy (non-hydrogen) atoms. The molecule has 4 heterocycles. The number of primary amides is 1. The molecular weight excluding hydrogens is 998 g/mol. The number of nitrogens with two attached hydrogens (primary N) is 1. The summed E-state index contributed by atoms with van der Waals surface area (Å²) in [6.07, 6.45) is 11.1. The van der Waals surface area contributed by atoms with Crippen molar-refractivity contribution < 1.29 is 41.2 Å². The second-order valence-electron chi connectivity index (χ2n) is 19.0. The standard InChI is InChI=1S/C28H31F3N4O3S.C22H28N6O3.C6H14/c1-19(36)34-14-11-20(12-15-34)33-24-7-4-8-26-23(24)16-21(35(26)18-28(29,30)31)6-5-13-32-25-10-9-22(39(3)37)17-27(25)38-2;1-4-16-21(30)27(2)17-12-24-22(26-20(17)28(16)14-7-5-6-8-14)25-15-10-9-13(19(23)29)11-18(15)31-3;1-3-5-6-4-2/h4,7-10,16-17,20,32-33H,11-15,18H2,1-3H3;9-12,14,16H,4-8H2,1-3H3,(H2,23,29)(H,24,25,26);3-6H2,1-2H3. The van der Waals surface area contributed by atoms with Crippen LogP contribution in [0.3, 0.4) is 0 Å². The first-order valence-electron chi connectivity index (χ1n) is 26.0. The summed E-state index contributed by atoms with van der Waals surface area (Å²) in [5.74, 6) is 7.54. The molecular formula is C56H73F3N10O6S. The van der Waals surface area contributed by atoms with E-state index in [4.69, 9.17) is 20.2 Å². The van der Waals surface area contributed by atoms with Crippen LogP contribution in [0.4, 0.5) is 47.7 Å². The maximum atomic E-state index is 13.5. The van der Waals surface area contributed by atoms with Gasteiger partial charge in [0.2, 0.25) is 23.7 Å². The number of unbranched alkanes of at least 4 members (excludes halogenated alkanes) is 3. The molecule has 1 saturated carbocycles. The van der Waals surface area contributed by atoms with Crippen LogP contribution in [0, 0.1) is 11.8 Å². The van der Waals surface area contributed by atoms with Crippen LogP contribution in [0.5, 0.6) is 11.5 Å². The number of ether oxygens (including phenoxy) is 2. The van der Waals surface area contributed by atoms with Crippen molar-refractivity contribution in [2.24, 2.45) is 5.73 Å². The lowest BCUT2D eigenvalue weighted by atomic mass is 10.0. The third kappa shape index (κ3) is 14.9. The maximum absolute atomic E-state index is 13.5. The van der Waals surface area contributed by atoms with Gasteiger partial charge in [0, 0.05) is 77.7 Å². The van der Waals surface area contributed by atoms with Crippen molar-refractivity contribution in [1.82, 2.24) is 19.4 Å². The van der Waals surface area contributed by atoms with Gasteiger partial charge in [-0.3, -0.25) is 18.6 Å². The molecule has 0 radical (unpaired) electrons. The highest BCUT2D eigenvalue weighted by Gasteiger charge is 2.41. The van der Waals surface area contributed by atoms with E-state index in [2.05, 4.69) is 51.5 Å². The average Bonchev–Trinajstić information content (AvgIpc) is 4.10. The normalized spacial score (nSPS) is 16.1. The number of rotatable bonds is 16. The number of carbonyl (C=O) groups is 3. The van der Waals surface area contributed by atoms with Crippen LogP contribution >= 0.6 is 0 Å². The van der Waals surface area contributed by atoms with Crippen LogP contribution < -0.4 is 41.0 Å². The Hall–Kier alpha value is -7.01. The topological polar surface area (TPSA) is 189 Å². The predicted molar refractivity (Wildman–Crippen MR) is 296 cm³/mol. The first kappa shape index (κ1) is 58.3. The zero-order valence-corrected chi connectivity index (χ0v) is 45.8. The van der Waals surface area contributed by atoms with Crippen LogP contribution in [-0.2, 0) is 26.9 Å². The van der Waals surface area contributed by atoms with Gasteiger partial charge in [0.25, 0.3) is 0 Å². The molecule has 2 aromatic heterocycles. The van der Waals surface area contributed by atoms with Crippen LogP contribution in [0.2, 0.25) is 0 Å². The second kappa shape index (κ2) is 27.2. The number of fused-ring (bicyclic) bond motifs is 2. The van der Waals surface area contributed by atoms with Crippen LogP contribution in [0.15, 0.2) is 71.8 Å². The molecule has 410 valence electrons. The highest BCUT2D eigenvalue weighted by Crippen LogP contribution is 2.41. The highest BCUT2D eigenvalue weighted by atomic mass is 32.2. The molecule has 5 N–H and O–H groups in total. The van der Waals surface area contributed by atoms with Gasteiger partial charge in [-0.1, -0.05) is 71.3 Å². The number of halogens is 3. The van der Waals surface area contributed by atoms with Gasteiger partial charge in [-0.05, 0) is 92.6 Å². The summed E-state index contributed by atoms with van der Waals surface area (Å²) in [4.78, 5) is 51.6. The molecule has 20 heteroatoms. The minimum Gasteiger partial charge on any atom is -0.495 e. The number of likely N-dealkylation sites (tertiary alicyclic amines) is 1. The number of nitrogens with one attached hydrogen (secondary N) is 3. The number of likely N-dealkylation sites (N-methyl/N-ethyl adjacent to an activating group) is 1. The maximum Gasteiger partial charge on any atom is 0.406 e. The Bertz CT molecular complexity index is 2890. The van der Waals surface area contributed by atoms with E-state index in [-0.39, 0.29) is 36.1 Å². The molecule has 8 rings (SSSR count). The lowest BCUT2D eigenvalue weighted by molar-refractivity contribution is -0.140. The van der Waals surface area contributed by atoms with Crippen molar-refractivity contribution in [2.75, 3.05) is 72.9 Å². The predicted octanol–water partition coefficient (Wildman–Crippen LogP) is 10.3. The zero-order chi connectivity index (χ0) is 55.1. The number of benzene rings is 3. The number of hydrogen-bond donors (Lipinski definition) is 4. The lowest BCUT2D eigenvalue weighted by Crippen LogP contribution is -2.55. The van der Waals surface area contributed by atoms with E-state index in [0.717, 1.165) is 50.0 Å². The summed E-state index contributed by atoms with van der Waals surface area (Å²) in [6.45, 7) is 8.35. The first-order valence-corrected chi connectivity index (χ1v) is 27.6. The third-order valence-electron chi connectivity index (χ3n) is 13.8. The number of piperidine rings is 1.